The Morgan fingerprint density at radius 1 is 1.12 bits per heavy atom. The van der Waals surface area contributed by atoms with E-state index in [1.54, 1.807) is 0 Å². The van der Waals surface area contributed by atoms with Crippen molar-refractivity contribution in [3.63, 3.8) is 0 Å². The number of nitrogens with zero attached hydrogens (tertiary/aromatic N) is 1. The molecule has 1 aromatic carbocycles. The number of rotatable bonds is 6. The SMILES string of the molecule is Cc1cc(C)cc(OCCN(C)CC(C)C)c1. The van der Waals surface area contributed by atoms with Crippen molar-refractivity contribution in [1.29, 1.82) is 0 Å². The second kappa shape index (κ2) is 6.65. The van der Waals surface area contributed by atoms with Crippen LogP contribution in [-0.4, -0.2) is 31.6 Å². The molecule has 0 amide bonds. The Labute approximate surface area is 106 Å². The van der Waals surface area contributed by atoms with E-state index in [0.717, 1.165) is 25.4 Å². The van der Waals surface area contributed by atoms with Crippen LogP contribution in [0.4, 0.5) is 0 Å². The zero-order valence-electron chi connectivity index (χ0n) is 11.8. The van der Waals surface area contributed by atoms with Crippen molar-refractivity contribution in [2.45, 2.75) is 27.7 Å². The summed E-state index contributed by atoms with van der Waals surface area (Å²) >= 11 is 0. The van der Waals surface area contributed by atoms with Gasteiger partial charge in [0.2, 0.25) is 0 Å². The van der Waals surface area contributed by atoms with Gasteiger partial charge in [-0.15, -0.1) is 0 Å². The Hall–Kier alpha value is -1.02. The summed E-state index contributed by atoms with van der Waals surface area (Å²) in [5, 5.41) is 0. The largest absolute Gasteiger partial charge is 0.492 e. The number of likely N-dealkylation sites (N-methyl/N-ethyl adjacent to an activating group) is 1. The zero-order chi connectivity index (χ0) is 12.8. The van der Waals surface area contributed by atoms with Crippen LogP contribution in [0.25, 0.3) is 0 Å². The van der Waals surface area contributed by atoms with Gasteiger partial charge in [-0.2, -0.15) is 0 Å². The second-order valence-corrected chi connectivity index (χ2v) is 5.33. The first kappa shape index (κ1) is 14.0. The van der Waals surface area contributed by atoms with Crippen LogP contribution < -0.4 is 4.74 Å². The Balaban J connectivity index is 2.35. The summed E-state index contributed by atoms with van der Waals surface area (Å²) in [4.78, 5) is 2.31. The van der Waals surface area contributed by atoms with Gasteiger partial charge in [-0.05, 0) is 50.1 Å². The molecule has 0 fully saturated rings. The molecule has 0 spiro atoms. The predicted octanol–water partition coefficient (Wildman–Crippen LogP) is 3.27. The van der Waals surface area contributed by atoms with Crippen molar-refractivity contribution in [3.05, 3.63) is 29.3 Å². The molecule has 17 heavy (non-hydrogen) atoms. The van der Waals surface area contributed by atoms with E-state index in [2.05, 4.69) is 57.8 Å². The quantitative estimate of drug-likeness (QED) is 0.750. The van der Waals surface area contributed by atoms with Gasteiger partial charge in [-0.3, -0.25) is 0 Å². The molecule has 0 aliphatic carbocycles. The Morgan fingerprint density at radius 2 is 1.71 bits per heavy atom. The molecule has 96 valence electrons. The first-order chi connectivity index (χ1) is 7.97. The highest BCUT2D eigenvalue weighted by molar-refractivity contribution is 5.32. The summed E-state index contributed by atoms with van der Waals surface area (Å²) in [6.45, 7) is 11.5. The highest BCUT2D eigenvalue weighted by Gasteiger charge is 2.02. The molecule has 2 nitrogen and oxygen atoms in total. The molecule has 0 unspecified atom stereocenters. The Bertz CT molecular complexity index is 327. The lowest BCUT2D eigenvalue weighted by Gasteiger charge is -2.19. The molecule has 0 saturated carbocycles. The molecule has 0 aliphatic heterocycles. The fraction of sp³-hybridized carbons (Fsp3) is 0.600. The van der Waals surface area contributed by atoms with Gasteiger partial charge in [0.15, 0.2) is 0 Å². The molecule has 0 atom stereocenters. The van der Waals surface area contributed by atoms with Crippen LogP contribution in [0, 0.1) is 19.8 Å². The molecule has 0 N–H and O–H groups in total. The topological polar surface area (TPSA) is 12.5 Å². The normalized spacial score (nSPS) is 11.2. The van der Waals surface area contributed by atoms with E-state index in [9.17, 15) is 0 Å². The molecule has 0 aromatic heterocycles. The van der Waals surface area contributed by atoms with Crippen molar-refractivity contribution >= 4 is 0 Å². The number of benzene rings is 1. The molecule has 2 heteroatoms. The minimum atomic E-state index is 0.709. The summed E-state index contributed by atoms with van der Waals surface area (Å²) in [5.74, 6) is 1.70. The lowest BCUT2D eigenvalue weighted by atomic mass is 10.1. The minimum absolute atomic E-state index is 0.709. The average molecular weight is 235 g/mol. The lowest BCUT2D eigenvalue weighted by Crippen LogP contribution is -2.27. The fourth-order valence-electron chi connectivity index (χ4n) is 2.05. The number of ether oxygens (including phenoxy) is 1. The number of hydrogen-bond donors (Lipinski definition) is 0. The molecule has 1 aromatic rings. The lowest BCUT2D eigenvalue weighted by molar-refractivity contribution is 0.222. The second-order valence-electron chi connectivity index (χ2n) is 5.33. The van der Waals surface area contributed by atoms with Crippen molar-refractivity contribution in [2.75, 3.05) is 26.7 Å². The molecular formula is C15H25NO. The van der Waals surface area contributed by atoms with E-state index >= 15 is 0 Å². The third-order valence-electron chi connectivity index (χ3n) is 2.61. The molecule has 0 aliphatic rings. The van der Waals surface area contributed by atoms with Crippen LogP contribution in [0.3, 0.4) is 0 Å². The van der Waals surface area contributed by atoms with E-state index in [1.807, 2.05) is 0 Å². The first-order valence-corrected chi connectivity index (χ1v) is 6.37. The van der Waals surface area contributed by atoms with Crippen LogP contribution in [0.2, 0.25) is 0 Å². The smallest absolute Gasteiger partial charge is 0.119 e. The van der Waals surface area contributed by atoms with Gasteiger partial charge >= 0.3 is 0 Å². The average Bonchev–Trinajstić information content (AvgIpc) is 2.14. The summed E-state index contributed by atoms with van der Waals surface area (Å²) in [6.07, 6.45) is 0. The van der Waals surface area contributed by atoms with E-state index in [1.165, 1.54) is 11.1 Å². The third-order valence-corrected chi connectivity index (χ3v) is 2.61. The Kier molecular flexibility index (Phi) is 5.49. The van der Waals surface area contributed by atoms with E-state index < -0.39 is 0 Å². The van der Waals surface area contributed by atoms with Crippen LogP contribution in [0.15, 0.2) is 18.2 Å². The molecule has 0 saturated heterocycles. The highest BCUT2D eigenvalue weighted by atomic mass is 16.5. The van der Waals surface area contributed by atoms with E-state index in [4.69, 9.17) is 4.74 Å². The first-order valence-electron chi connectivity index (χ1n) is 6.37. The molecule has 0 bridgehead atoms. The highest BCUT2D eigenvalue weighted by Crippen LogP contribution is 2.15. The molecular weight excluding hydrogens is 210 g/mol. The fourth-order valence-corrected chi connectivity index (χ4v) is 2.05. The van der Waals surface area contributed by atoms with Gasteiger partial charge in [0.05, 0.1) is 0 Å². The maximum atomic E-state index is 5.78. The zero-order valence-corrected chi connectivity index (χ0v) is 11.8. The van der Waals surface area contributed by atoms with Gasteiger partial charge in [-0.1, -0.05) is 19.9 Å². The maximum absolute atomic E-state index is 5.78. The van der Waals surface area contributed by atoms with Gasteiger partial charge in [0, 0.05) is 13.1 Å². The number of aryl methyl sites for hydroxylation is 2. The summed E-state index contributed by atoms with van der Waals surface area (Å²) in [7, 11) is 2.14. The molecule has 0 radical (unpaired) electrons. The summed E-state index contributed by atoms with van der Waals surface area (Å²) in [6, 6.07) is 6.35. The van der Waals surface area contributed by atoms with Crippen LogP contribution in [0.5, 0.6) is 5.75 Å². The van der Waals surface area contributed by atoms with Crippen molar-refractivity contribution in [1.82, 2.24) is 4.90 Å². The molecule has 0 heterocycles. The van der Waals surface area contributed by atoms with Gasteiger partial charge in [-0.25, -0.2) is 0 Å². The van der Waals surface area contributed by atoms with E-state index in [-0.39, 0.29) is 0 Å². The molecule has 1 rings (SSSR count). The summed E-state index contributed by atoms with van der Waals surface area (Å²) in [5.41, 5.74) is 2.52. The maximum Gasteiger partial charge on any atom is 0.119 e. The van der Waals surface area contributed by atoms with Crippen molar-refractivity contribution in [3.8, 4) is 5.75 Å². The van der Waals surface area contributed by atoms with Gasteiger partial charge in [0.25, 0.3) is 0 Å². The predicted molar refractivity (Wildman–Crippen MR) is 73.7 cm³/mol. The summed E-state index contributed by atoms with van der Waals surface area (Å²) < 4.78 is 5.78. The van der Waals surface area contributed by atoms with Crippen molar-refractivity contribution in [2.24, 2.45) is 5.92 Å². The number of hydrogen-bond acceptors (Lipinski definition) is 2. The van der Waals surface area contributed by atoms with Crippen LogP contribution in [-0.2, 0) is 0 Å². The van der Waals surface area contributed by atoms with E-state index in [0.29, 0.717) is 5.92 Å². The van der Waals surface area contributed by atoms with Gasteiger partial charge in [0.1, 0.15) is 12.4 Å². The third kappa shape index (κ3) is 5.73. The van der Waals surface area contributed by atoms with Crippen LogP contribution in [0.1, 0.15) is 25.0 Å². The van der Waals surface area contributed by atoms with Gasteiger partial charge < -0.3 is 9.64 Å². The van der Waals surface area contributed by atoms with Crippen molar-refractivity contribution < 1.29 is 4.74 Å². The minimum Gasteiger partial charge on any atom is -0.492 e. The monoisotopic (exact) mass is 235 g/mol. The Morgan fingerprint density at radius 3 is 2.24 bits per heavy atom. The standard InChI is InChI=1S/C15H25NO/c1-12(2)11-16(5)6-7-17-15-9-13(3)8-14(4)10-15/h8-10,12H,6-7,11H2,1-5H3. The van der Waals surface area contributed by atoms with Crippen LogP contribution >= 0.6 is 0 Å².